The van der Waals surface area contributed by atoms with Crippen LogP contribution in [0.25, 0.3) is 0 Å². The Morgan fingerprint density at radius 1 is 1.35 bits per heavy atom. The Morgan fingerprint density at radius 2 is 2.12 bits per heavy atom. The molecule has 96 valence electrons. The molecule has 1 aliphatic carbocycles. The van der Waals surface area contributed by atoms with E-state index in [2.05, 4.69) is 6.92 Å². The summed E-state index contributed by atoms with van der Waals surface area (Å²) in [4.78, 5) is 0. The minimum Gasteiger partial charge on any atom is -0.497 e. The van der Waals surface area contributed by atoms with E-state index in [1.165, 1.54) is 6.42 Å². The summed E-state index contributed by atoms with van der Waals surface area (Å²) in [6.07, 6.45) is 4.31. The van der Waals surface area contributed by atoms with Crippen LogP contribution in [0.15, 0.2) is 24.3 Å². The number of hydrogen-bond donors (Lipinski definition) is 1. The lowest BCUT2D eigenvalue weighted by Gasteiger charge is -2.38. The zero-order chi connectivity index (χ0) is 11.6. The fourth-order valence-electron chi connectivity index (χ4n) is 2.65. The highest BCUT2D eigenvalue weighted by atomic mass is 35.5. The number of ether oxygens (including phenoxy) is 1. The minimum absolute atomic E-state index is 0. The largest absolute Gasteiger partial charge is 0.497 e. The van der Waals surface area contributed by atoms with Crippen molar-refractivity contribution in [3.8, 4) is 5.75 Å². The normalized spacial score (nSPS) is 28.3. The van der Waals surface area contributed by atoms with Gasteiger partial charge < -0.3 is 9.84 Å². The molecular weight excluding hydrogens is 236 g/mol. The van der Waals surface area contributed by atoms with Crippen molar-refractivity contribution in [2.75, 3.05) is 7.11 Å². The van der Waals surface area contributed by atoms with E-state index in [9.17, 15) is 5.11 Å². The first-order valence-corrected chi connectivity index (χ1v) is 6.04. The monoisotopic (exact) mass is 256 g/mol. The van der Waals surface area contributed by atoms with Gasteiger partial charge >= 0.3 is 0 Å². The standard InChI is InChI=1S/C14H20O2.ClH/c1-11-6-3-4-9-14(11,15)12-7-5-8-13(10-12)16-2;/h5,7-8,10-11,15H,3-4,6,9H2,1-2H3;1H. The molecule has 0 bridgehead atoms. The average molecular weight is 257 g/mol. The van der Waals surface area contributed by atoms with E-state index in [4.69, 9.17) is 4.74 Å². The first kappa shape index (κ1) is 14.3. The summed E-state index contributed by atoms with van der Waals surface area (Å²) >= 11 is 0. The summed E-state index contributed by atoms with van der Waals surface area (Å²) in [5, 5.41) is 10.8. The third-order valence-corrected chi connectivity index (χ3v) is 3.83. The van der Waals surface area contributed by atoms with Crippen LogP contribution in [-0.4, -0.2) is 12.2 Å². The van der Waals surface area contributed by atoms with Crippen LogP contribution in [0.5, 0.6) is 5.75 Å². The molecule has 2 atom stereocenters. The summed E-state index contributed by atoms with van der Waals surface area (Å²) in [6, 6.07) is 7.83. The fourth-order valence-corrected chi connectivity index (χ4v) is 2.65. The number of halogens is 1. The fraction of sp³-hybridized carbons (Fsp3) is 0.571. The molecule has 1 aromatic rings. The maximum Gasteiger partial charge on any atom is 0.119 e. The zero-order valence-electron chi connectivity index (χ0n) is 10.5. The molecule has 0 heterocycles. The third-order valence-electron chi connectivity index (χ3n) is 3.83. The Labute approximate surface area is 109 Å². The highest BCUT2D eigenvalue weighted by Crippen LogP contribution is 2.42. The van der Waals surface area contributed by atoms with Gasteiger partial charge in [0, 0.05) is 0 Å². The van der Waals surface area contributed by atoms with Crippen molar-refractivity contribution >= 4 is 12.4 Å². The van der Waals surface area contributed by atoms with Crippen LogP contribution in [0, 0.1) is 5.92 Å². The van der Waals surface area contributed by atoms with Gasteiger partial charge in [0.15, 0.2) is 0 Å². The molecule has 1 N–H and O–H groups in total. The van der Waals surface area contributed by atoms with Gasteiger partial charge in [-0.2, -0.15) is 0 Å². The van der Waals surface area contributed by atoms with Crippen molar-refractivity contribution in [1.82, 2.24) is 0 Å². The molecule has 1 fully saturated rings. The smallest absolute Gasteiger partial charge is 0.119 e. The maximum absolute atomic E-state index is 10.8. The number of rotatable bonds is 2. The molecule has 0 aromatic heterocycles. The summed E-state index contributed by atoms with van der Waals surface area (Å²) < 4.78 is 5.21. The molecule has 1 saturated carbocycles. The predicted molar refractivity (Wildman–Crippen MR) is 71.8 cm³/mol. The topological polar surface area (TPSA) is 29.5 Å². The van der Waals surface area contributed by atoms with Gasteiger partial charge in [0.1, 0.15) is 5.75 Å². The lowest BCUT2D eigenvalue weighted by atomic mass is 9.72. The molecule has 17 heavy (non-hydrogen) atoms. The molecule has 2 unspecified atom stereocenters. The van der Waals surface area contributed by atoms with E-state index in [1.807, 2.05) is 24.3 Å². The van der Waals surface area contributed by atoms with Gasteiger partial charge in [-0.1, -0.05) is 31.9 Å². The van der Waals surface area contributed by atoms with Gasteiger partial charge in [0.2, 0.25) is 0 Å². The Bertz CT molecular complexity index is 367. The Kier molecular flexibility index (Phi) is 4.84. The van der Waals surface area contributed by atoms with Gasteiger partial charge in [-0.25, -0.2) is 0 Å². The first-order chi connectivity index (χ1) is 7.66. The summed E-state index contributed by atoms with van der Waals surface area (Å²) in [6.45, 7) is 2.14. The van der Waals surface area contributed by atoms with E-state index in [0.717, 1.165) is 30.6 Å². The quantitative estimate of drug-likeness (QED) is 0.877. The Morgan fingerprint density at radius 3 is 2.76 bits per heavy atom. The van der Waals surface area contributed by atoms with E-state index >= 15 is 0 Å². The molecule has 0 radical (unpaired) electrons. The second kappa shape index (κ2) is 5.74. The molecule has 0 saturated heterocycles. The van der Waals surface area contributed by atoms with Gasteiger partial charge in [0.25, 0.3) is 0 Å². The summed E-state index contributed by atoms with van der Waals surface area (Å²) in [5.74, 6) is 1.15. The van der Waals surface area contributed by atoms with Crippen LogP contribution in [-0.2, 0) is 5.60 Å². The summed E-state index contributed by atoms with van der Waals surface area (Å²) in [5.41, 5.74) is 0.339. The molecule has 1 aliphatic rings. The van der Waals surface area contributed by atoms with Crippen molar-refractivity contribution in [3.63, 3.8) is 0 Å². The Balaban J connectivity index is 0.00000144. The van der Waals surface area contributed by atoms with Crippen molar-refractivity contribution in [3.05, 3.63) is 29.8 Å². The minimum atomic E-state index is -0.660. The average Bonchev–Trinajstić information content (AvgIpc) is 2.33. The highest BCUT2D eigenvalue weighted by molar-refractivity contribution is 5.85. The second-order valence-electron chi connectivity index (χ2n) is 4.80. The van der Waals surface area contributed by atoms with Crippen molar-refractivity contribution in [2.45, 2.75) is 38.2 Å². The number of methoxy groups -OCH3 is 1. The summed E-state index contributed by atoms with van der Waals surface area (Å²) in [7, 11) is 1.66. The molecular formula is C14H21ClO2. The molecule has 3 heteroatoms. The van der Waals surface area contributed by atoms with Crippen LogP contribution in [0.1, 0.15) is 38.2 Å². The lowest BCUT2D eigenvalue weighted by Crippen LogP contribution is -2.36. The number of benzene rings is 1. The molecule has 0 spiro atoms. The SMILES string of the molecule is COc1cccc(C2(O)CCCCC2C)c1.Cl. The van der Waals surface area contributed by atoms with Gasteiger partial charge in [-0.15, -0.1) is 12.4 Å². The van der Waals surface area contributed by atoms with E-state index < -0.39 is 5.60 Å². The van der Waals surface area contributed by atoms with Crippen molar-refractivity contribution in [1.29, 1.82) is 0 Å². The van der Waals surface area contributed by atoms with Gasteiger partial charge in [-0.05, 0) is 36.5 Å². The maximum atomic E-state index is 10.8. The Hall–Kier alpha value is -0.730. The van der Waals surface area contributed by atoms with Crippen molar-refractivity contribution in [2.24, 2.45) is 5.92 Å². The molecule has 2 rings (SSSR count). The predicted octanol–water partition coefficient (Wildman–Crippen LogP) is 3.51. The van der Waals surface area contributed by atoms with Crippen molar-refractivity contribution < 1.29 is 9.84 Å². The highest BCUT2D eigenvalue weighted by Gasteiger charge is 2.37. The van der Waals surface area contributed by atoms with Crippen LogP contribution < -0.4 is 4.74 Å². The van der Waals surface area contributed by atoms with Crippen LogP contribution in [0.3, 0.4) is 0 Å². The van der Waals surface area contributed by atoms with E-state index in [1.54, 1.807) is 7.11 Å². The molecule has 0 amide bonds. The van der Waals surface area contributed by atoms with Gasteiger partial charge in [-0.3, -0.25) is 0 Å². The second-order valence-corrected chi connectivity index (χ2v) is 4.80. The lowest BCUT2D eigenvalue weighted by molar-refractivity contribution is -0.0470. The van der Waals surface area contributed by atoms with Crippen LogP contribution in [0.4, 0.5) is 0 Å². The van der Waals surface area contributed by atoms with Gasteiger partial charge in [0.05, 0.1) is 12.7 Å². The van der Waals surface area contributed by atoms with Crippen LogP contribution in [0.2, 0.25) is 0 Å². The number of aliphatic hydroxyl groups is 1. The first-order valence-electron chi connectivity index (χ1n) is 6.04. The van der Waals surface area contributed by atoms with Crippen LogP contribution >= 0.6 is 12.4 Å². The third kappa shape index (κ3) is 2.75. The number of hydrogen-bond acceptors (Lipinski definition) is 2. The van der Waals surface area contributed by atoms with E-state index in [-0.39, 0.29) is 12.4 Å². The van der Waals surface area contributed by atoms with E-state index in [0.29, 0.717) is 5.92 Å². The molecule has 0 aliphatic heterocycles. The molecule has 1 aromatic carbocycles. The molecule has 2 nitrogen and oxygen atoms in total. The zero-order valence-corrected chi connectivity index (χ0v) is 11.3.